The van der Waals surface area contributed by atoms with Crippen molar-refractivity contribution in [2.45, 2.75) is 45.1 Å². The van der Waals surface area contributed by atoms with Crippen molar-refractivity contribution >= 4 is 17.7 Å². The van der Waals surface area contributed by atoms with Crippen LogP contribution in [0.1, 0.15) is 52.9 Å². The Hall–Kier alpha value is -2.89. The van der Waals surface area contributed by atoms with Crippen molar-refractivity contribution in [3.05, 3.63) is 59.0 Å². The molecule has 1 aromatic heterocycles. The summed E-state index contributed by atoms with van der Waals surface area (Å²) in [5.41, 5.74) is 3.19. The average Bonchev–Trinajstić information content (AvgIpc) is 3.22. The number of Topliss-reactive ketones (excluding diaryl/α,β-unsaturated/α-hetero) is 1. The number of hydrogen-bond acceptors (Lipinski definition) is 5. The summed E-state index contributed by atoms with van der Waals surface area (Å²) in [5, 5.41) is 2.58. The highest BCUT2D eigenvalue weighted by atomic mass is 16.5. The van der Waals surface area contributed by atoms with E-state index in [4.69, 9.17) is 9.15 Å². The van der Waals surface area contributed by atoms with Gasteiger partial charge in [0.25, 0.3) is 5.91 Å². The maximum atomic E-state index is 12.3. The molecule has 1 N–H and O–H groups in total. The first kappa shape index (κ1) is 18.9. The van der Waals surface area contributed by atoms with E-state index in [-0.39, 0.29) is 31.8 Å². The maximum absolute atomic E-state index is 12.3. The molecule has 1 heterocycles. The SMILES string of the molecule is O=C(COC(=O)CCC(=O)c1ccc2c(c1)CCCC2)NCc1ccco1. The number of ether oxygens (including phenoxy) is 1. The number of rotatable bonds is 8. The average molecular weight is 369 g/mol. The number of furan rings is 1. The number of benzene rings is 1. The van der Waals surface area contributed by atoms with Gasteiger partial charge in [0.15, 0.2) is 12.4 Å². The van der Waals surface area contributed by atoms with Crippen LogP contribution in [0.15, 0.2) is 41.0 Å². The van der Waals surface area contributed by atoms with Gasteiger partial charge in [0.1, 0.15) is 5.76 Å². The van der Waals surface area contributed by atoms with Crippen LogP contribution < -0.4 is 5.32 Å². The van der Waals surface area contributed by atoms with Crippen molar-refractivity contribution in [1.82, 2.24) is 5.32 Å². The van der Waals surface area contributed by atoms with E-state index >= 15 is 0 Å². The molecule has 0 spiro atoms. The predicted octanol–water partition coefficient (Wildman–Crippen LogP) is 2.98. The van der Waals surface area contributed by atoms with Gasteiger partial charge >= 0.3 is 5.97 Å². The number of hydrogen-bond donors (Lipinski definition) is 1. The second-order valence-corrected chi connectivity index (χ2v) is 6.63. The molecule has 0 radical (unpaired) electrons. The van der Waals surface area contributed by atoms with Crippen molar-refractivity contribution < 1.29 is 23.5 Å². The lowest BCUT2D eigenvalue weighted by atomic mass is 9.89. The highest BCUT2D eigenvalue weighted by Gasteiger charge is 2.15. The summed E-state index contributed by atoms with van der Waals surface area (Å²) in [5.74, 6) is -0.442. The van der Waals surface area contributed by atoms with Gasteiger partial charge < -0.3 is 14.5 Å². The molecule has 0 saturated heterocycles. The number of amides is 1. The molecule has 0 bridgehead atoms. The van der Waals surface area contributed by atoms with Gasteiger partial charge in [-0.05, 0) is 55.0 Å². The van der Waals surface area contributed by atoms with Crippen LogP contribution in [0.3, 0.4) is 0 Å². The summed E-state index contributed by atoms with van der Waals surface area (Å²) in [7, 11) is 0. The van der Waals surface area contributed by atoms with Gasteiger partial charge in [-0.25, -0.2) is 0 Å². The third kappa shape index (κ3) is 5.54. The smallest absolute Gasteiger partial charge is 0.306 e. The number of fused-ring (bicyclic) bond motifs is 1. The fourth-order valence-electron chi connectivity index (χ4n) is 3.13. The van der Waals surface area contributed by atoms with Gasteiger partial charge in [-0.15, -0.1) is 0 Å². The van der Waals surface area contributed by atoms with Crippen molar-refractivity contribution in [3.63, 3.8) is 0 Å². The van der Waals surface area contributed by atoms with E-state index in [1.807, 2.05) is 18.2 Å². The molecule has 142 valence electrons. The fraction of sp³-hybridized carbons (Fsp3) is 0.381. The van der Waals surface area contributed by atoms with Crippen molar-refractivity contribution in [2.75, 3.05) is 6.61 Å². The van der Waals surface area contributed by atoms with E-state index in [2.05, 4.69) is 5.32 Å². The zero-order valence-electron chi connectivity index (χ0n) is 15.2. The summed E-state index contributed by atoms with van der Waals surface area (Å²) < 4.78 is 10.0. The molecule has 6 nitrogen and oxygen atoms in total. The van der Waals surface area contributed by atoms with Crippen LogP contribution in [0, 0.1) is 0 Å². The summed E-state index contributed by atoms with van der Waals surface area (Å²) in [6.07, 6.45) is 5.97. The quantitative estimate of drug-likeness (QED) is 0.571. The molecule has 1 aliphatic carbocycles. The summed E-state index contributed by atoms with van der Waals surface area (Å²) in [4.78, 5) is 35.7. The molecule has 6 heteroatoms. The van der Waals surface area contributed by atoms with Crippen LogP contribution in [0.2, 0.25) is 0 Å². The van der Waals surface area contributed by atoms with E-state index in [9.17, 15) is 14.4 Å². The van der Waals surface area contributed by atoms with Crippen LogP contribution >= 0.6 is 0 Å². The Morgan fingerprint density at radius 2 is 1.85 bits per heavy atom. The molecule has 3 rings (SSSR count). The minimum Gasteiger partial charge on any atom is -0.467 e. The Balaban J connectivity index is 1.38. The Kier molecular flexibility index (Phi) is 6.41. The first-order valence-electron chi connectivity index (χ1n) is 9.21. The van der Waals surface area contributed by atoms with Gasteiger partial charge in [0, 0.05) is 12.0 Å². The third-order valence-corrected chi connectivity index (χ3v) is 4.63. The summed E-state index contributed by atoms with van der Waals surface area (Å²) in [6, 6.07) is 9.26. The molecule has 0 aliphatic heterocycles. The van der Waals surface area contributed by atoms with E-state index in [0.717, 1.165) is 19.3 Å². The number of carbonyl (C=O) groups excluding carboxylic acids is 3. The van der Waals surface area contributed by atoms with Crippen LogP contribution in [-0.4, -0.2) is 24.3 Å². The molecule has 1 aliphatic rings. The molecule has 1 amide bonds. The van der Waals surface area contributed by atoms with Gasteiger partial charge in [0.05, 0.1) is 19.2 Å². The first-order valence-corrected chi connectivity index (χ1v) is 9.21. The van der Waals surface area contributed by atoms with Gasteiger partial charge in [0.2, 0.25) is 0 Å². The van der Waals surface area contributed by atoms with Crippen molar-refractivity contribution in [1.29, 1.82) is 0 Å². The largest absolute Gasteiger partial charge is 0.467 e. The molecule has 1 aromatic carbocycles. The third-order valence-electron chi connectivity index (χ3n) is 4.63. The topological polar surface area (TPSA) is 85.6 Å². The second-order valence-electron chi connectivity index (χ2n) is 6.63. The molecule has 27 heavy (non-hydrogen) atoms. The molecule has 2 aromatic rings. The molecule has 0 fully saturated rings. The van der Waals surface area contributed by atoms with Crippen LogP contribution in [0.4, 0.5) is 0 Å². The lowest BCUT2D eigenvalue weighted by Crippen LogP contribution is -2.28. The number of nitrogens with one attached hydrogen (secondary N) is 1. The first-order chi connectivity index (χ1) is 13.1. The number of carbonyl (C=O) groups is 3. The van der Waals surface area contributed by atoms with E-state index in [1.165, 1.54) is 23.8 Å². The van der Waals surface area contributed by atoms with E-state index < -0.39 is 11.9 Å². The monoisotopic (exact) mass is 369 g/mol. The molecule has 0 atom stereocenters. The maximum Gasteiger partial charge on any atom is 0.306 e. The van der Waals surface area contributed by atoms with E-state index in [0.29, 0.717) is 11.3 Å². The molecule has 0 unspecified atom stereocenters. The Bertz CT molecular complexity index is 810. The van der Waals surface area contributed by atoms with Crippen molar-refractivity contribution in [3.8, 4) is 0 Å². The Morgan fingerprint density at radius 3 is 2.63 bits per heavy atom. The summed E-state index contributed by atoms with van der Waals surface area (Å²) in [6.45, 7) is -0.132. The van der Waals surface area contributed by atoms with Gasteiger partial charge in [-0.2, -0.15) is 0 Å². The lowest BCUT2D eigenvalue weighted by Gasteiger charge is -2.16. The van der Waals surface area contributed by atoms with Gasteiger partial charge in [-0.1, -0.05) is 12.1 Å². The lowest BCUT2D eigenvalue weighted by molar-refractivity contribution is -0.148. The second kappa shape index (κ2) is 9.16. The molecule has 0 saturated carbocycles. The number of esters is 1. The Labute approximate surface area is 157 Å². The number of ketones is 1. The predicted molar refractivity (Wildman–Crippen MR) is 98.2 cm³/mol. The molecular formula is C21H23NO5. The minimum absolute atomic E-state index is 0.0403. The van der Waals surface area contributed by atoms with Crippen LogP contribution in [0.25, 0.3) is 0 Å². The highest BCUT2D eigenvalue weighted by molar-refractivity contribution is 5.97. The van der Waals surface area contributed by atoms with Crippen LogP contribution in [-0.2, 0) is 33.7 Å². The number of aryl methyl sites for hydroxylation is 2. The Morgan fingerprint density at radius 1 is 1.04 bits per heavy atom. The normalized spacial score (nSPS) is 12.9. The highest BCUT2D eigenvalue weighted by Crippen LogP contribution is 2.23. The van der Waals surface area contributed by atoms with Gasteiger partial charge in [-0.3, -0.25) is 14.4 Å². The standard InChI is InChI=1S/C21H23NO5/c23-19(17-8-7-15-4-1-2-5-16(15)12-17)9-10-21(25)27-14-20(24)22-13-18-6-3-11-26-18/h3,6-8,11-12H,1-2,4-5,9-10,13-14H2,(H,22,24). The summed E-state index contributed by atoms with van der Waals surface area (Å²) >= 11 is 0. The molecular weight excluding hydrogens is 346 g/mol. The zero-order chi connectivity index (χ0) is 19.1. The minimum atomic E-state index is -0.561. The van der Waals surface area contributed by atoms with Crippen LogP contribution in [0.5, 0.6) is 0 Å². The van der Waals surface area contributed by atoms with E-state index in [1.54, 1.807) is 12.1 Å². The zero-order valence-corrected chi connectivity index (χ0v) is 15.2. The fourth-order valence-corrected chi connectivity index (χ4v) is 3.13. The van der Waals surface area contributed by atoms with Crippen molar-refractivity contribution in [2.24, 2.45) is 0 Å².